The quantitative estimate of drug-likeness (QED) is 0.666. The largest absolute Gasteiger partial charge is 0.382 e. The van der Waals surface area contributed by atoms with E-state index in [1.54, 1.807) is 25.1 Å². The minimum Gasteiger partial charge on any atom is -0.382 e. The Bertz CT molecular complexity index is 426. The second kappa shape index (κ2) is 5.32. The maximum absolute atomic E-state index is 11.9. The molecule has 0 fully saturated rings. The number of aromatic nitrogens is 1. The lowest BCUT2D eigenvalue weighted by molar-refractivity contribution is 0.104. The van der Waals surface area contributed by atoms with E-state index < -0.39 is 0 Å². The molecular formula is C10H14ClN3OS. The van der Waals surface area contributed by atoms with Crippen molar-refractivity contribution in [2.24, 2.45) is 0 Å². The number of aryl methyl sites for hydroxylation is 1. The van der Waals surface area contributed by atoms with Crippen LogP contribution >= 0.6 is 22.9 Å². The topological polar surface area (TPSA) is 45.2 Å². The molecule has 0 saturated heterocycles. The molecule has 6 heteroatoms. The number of carbonyl (C=O) groups is 1. The molecule has 88 valence electrons. The third kappa shape index (κ3) is 2.96. The number of Topliss-reactive ketones (excluding diaryl/α,β-unsaturated/α-hetero) is 1. The predicted molar refractivity (Wildman–Crippen MR) is 68.4 cm³/mol. The Balaban J connectivity index is 3.00. The van der Waals surface area contributed by atoms with Crippen LogP contribution in [0, 0.1) is 6.92 Å². The molecule has 0 unspecified atom stereocenters. The van der Waals surface area contributed by atoms with Crippen molar-refractivity contribution in [3.63, 3.8) is 0 Å². The lowest BCUT2D eigenvalue weighted by atomic mass is 10.3. The first kappa shape index (κ1) is 13.0. The van der Waals surface area contributed by atoms with Crippen LogP contribution in [0.3, 0.4) is 0 Å². The van der Waals surface area contributed by atoms with Gasteiger partial charge in [0.15, 0.2) is 5.13 Å². The number of carbonyl (C=O) groups excluding carboxylic acids is 1. The van der Waals surface area contributed by atoms with Crippen LogP contribution < -0.4 is 5.32 Å². The lowest BCUT2D eigenvalue weighted by Crippen LogP contribution is -2.06. The van der Waals surface area contributed by atoms with Gasteiger partial charge in [0.1, 0.15) is 9.91 Å². The molecular weight excluding hydrogens is 246 g/mol. The Morgan fingerprint density at radius 2 is 2.19 bits per heavy atom. The zero-order valence-corrected chi connectivity index (χ0v) is 11.2. The van der Waals surface area contributed by atoms with Gasteiger partial charge in [-0.2, -0.15) is 0 Å². The average Bonchev–Trinajstić information content (AvgIpc) is 2.57. The molecule has 0 aliphatic rings. The van der Waals surface area contributed by atoms with Gasteiger partial charge >= 0.3 is 0 Å². The van der Waals surface area contributed by atoms with Crippen LogP contribution in [0.25, 0.3) is 0 Å². The van der Waals surface area contributed by atoms with Crippen LogP contribution in [0.4, 0.5) is 5.13 Å². The molecule has 0 aliphatic heterocycles. The number of anilines is 1. The van der Waals surface area contributed by atoms with Gasteiger partial charge in [0.2, 0.25) is 5.78 Å². The standard InChI is InChI=1S/C10H14ClN3OS/c1-6-9(16-10(12-2)13-6)8(15)7(11)5-14(3)4/h5H,1-4H3,(H,12,13)/b7-5+. The monoisotopic (exact) mass is 259 g/mol. The maximum atomic E-state index is 11.9. The number of nitrogens with zero attached hydrogens (tertiary/aromatic N) is 2. The molecule has 1 heterocycles. The number of allylic oxidation sites excluding steroid dienone is 1. The van der Waals surface area contributed by atoms with E-state index in [1.807, 2.05) is 14.1 Å². The van der Waals surface area contributed by atoms with Gasteiger partial charge in [0.25, 0.3) is 0 Å². The first-order valence-electron chi connectivity index (χ1n) is 4.69. The van der Waals surface area contributed by atoms with Crippen molar-refractivity contribution in [2.45, 2.75) is 6.92 Å². The SMILES string of the molecule is CNc1nc(C)c(C(=O)/C(Cl)=C\N(C)C)s1. The van der Waals surface area contributed by atoms with Gasteiger partial charge in [-0.1, -0.05) is 22.9 Å². The highest BCUT2D eigenvalue weighted by Crippen LogP contribution is 2.25. The zero-order chi connectivity index (χ0) is 12.3. The van der Waals surface area contributed by atoms with E-state index in [9.17, 15) is 4.79 Å². The van der Waals surface area contributed by atoms with Gasteiger partial charge in [-0.25, -0.2) is 4.98 Å². The van der Waals surface area contributed by atoms with Crippen LogP contribution in [0.2, 0.25) is 0 Å². The third-order valence-electron chi connectivity index (χ3n) is 1.81. The second-order valence-corrected chi connectivity index (χ2v) is 4.86. The second-order valence-electron chi connectivity index (χ2n) is 3.45. The molecule has 16 heavy (non-hydrogen) atoms. The van der Waals surface area contributed by atoms with E-state index >= 15 is 0 Å². The Kier molecular flexibility index (Phi) is 4.32. The van der Waals surface area contributed by atoms with Crippen molar-refractivity contribution in [2.75, 3.05) is 26.5 Å². The first-order valence-corrected chi connectivity index (χ1v) is 5.88. The smallest absolute Gasteiger partial charge is 0.217 e. The summed E-state index contributed by atoms with van der Waals surface area (Å²) in [7, 11) is 5.40. The number of rotatable bonds is 4. The summed E-state index contributed by atoms with van der Waals surface area (Å²) >= 11 is 7.22. The van der Waals surface area contributed by atoms with E-state index in [2.05, 4.69) is 10.3 Å². The maximum Gasteiger partial charge on any atom is 0.217 e. The Morgan fingerprint density at radius 1 is 1.56 bits per heavy atom. The number of halogens is 1. The van der Waals surface area contributed by atoms with E-state index in [4.69, 9.17) is 11.6 Å². The minimum atomic E-state index is -0.188. The Labute approximate surface area is 104 Å². The summed E-state index contributed by atoms with van der Waals surface area (Å²) in [5.74, 6) is -0.188. The van der Waals surface area contributed by atoms with Gasteiger partial charge in [-0.15, -0.1) is 0 Å². The summed E-state index contributed by atoms with van der Waals surface area (Å²) < 4.78 is 0. The summed E-state index contributed by atoms with van der Waals surface area (Å²) in [5, 5.41) is 3.82. The molecule has 1 aromatic rings. The Hall–Kier alpha value is -1.07. The molecule has 0 saturated carbocycles. The van der Waals surface area contributed by atoms with Crippen molar-refractivity contribution in [3.8, 4) is 0 Å². The first-order chi connectivity index (χ1) is 7.45. The highest BCUT2D eigenvalue weighted by Gasteiger charge is 2.17. The fourth-order valence-corrected chi connectivity index (χ4v) is 2.33. The van der Waals surface area contributed by atoms with Crippen LogP contribution in [-0.4, -0.2) is 36.8 Å². The molecule has 0 bridgehead atoms. The van der Waals surface area contributed by atoms with Crippen LogP contribution in [-0.2, 0) is 0 Å². The summed E-state index contributed by atoms with van der Waals surface area (Å²) in [6.07, 6.45) is 1.59. The number of hydrogen-bond donors (Lipinski definition) is 1. The van der Waals surface area contributed by atoms with Crippen molar-refractivity contribution >= 4 is 33.9 Å². The predicted octanol–water partition coefficient (Wildman–Crippen LogP) is 2.32. The fourth-order valence-electron chi connectivity index (χ4n) is 1.11. The van der Waals surface area contributed by atoms with Gasteiger partial charge in [-0.05, 0) is 6.92 Å². The minimum absolute atomic E-state index is 0.188. The molecule has 0 aromatic carbocycles. The van der Waals surface area contributed by atoms with Gasteiger partial charge < -0.3 is 10.2 Å². The summed E-state index contributed by atoms with van der Waals surface area (Å²) in [4.78, 5) is 18.5. The van der Waals surface area contributed by atoms with Crippen LogP contribution in [0.5, 0.6) is 0 Å². The van der Waals surface area contributed by atoms with E-state index in [0.29, 0.717) is 10.6 Å². The summed E-state index contributed by atoms with van der Waals surface area (Å²) in [6.45, 7) is 1.80. The highest BCUT2D eigenvalue weighted by atomic mass is 35.5. The van der Waals surface area contributed by atoms with Crippen molar-refractivity contribution in [1.29, 1.82) is 0 Å². The highest BCUT2D eigenvalue weighted by molar-refractivity contribution is 7.17. The van der Waals surface area contributed by atoms with Crippen molar-refractivity contribution in [3.05, 3.63) is 21.8 Å². The van der Waals surface area contributed by atoms with Crippen LogP contribution in [0.15, 0.2) is 11.2 Å². The molecule has 1 rings (SSSR count). The molecule has 1 N–H and O–H groups in total. The number of thiazole rings is 1. The number of ketones is 1. The van der Waals surface area contributed by atoms with E-state index in [1.165, 1.54) is 11.3 Å². The van der Waals surface area contributed by atoms with Gasteiger partial charge in [-0.3, -0.25) is 4.79 Å². The normalized spacial score (nSPS) is 11.4. The van der Waals surface area contributed by atoms with Crippen molar-refractivity contribution in [1.82, 2.24) is 9.88 Å². The molecule has 4 nitrogen and oxygen atoms in total. The number of nitrogens with one attached hydrogen (secondary N) is 1. The molecule has 0 aliphatic carbocycles. The zero-order valence-electron chi connectivity index (χ0n) is 9.67. The van der Waals surface area contributed by atoms with Gasteiger partial charge in [0.05, 0.1) is 5.69 Å². The molecule has 1 aromatic heterocycles. The van der Waals surface area contributed by atoms with Crippen molar-refractivity contribution < 1.29 is 4.79 Å². The summed E-state index contributed by atoms with van der Waals surface area (Å²) in [5.41, 5.74) is 0.699. The molecule has 0 amide bonds. The number of hydrogen-bond acceptors (Lipinski definition) is 5. The van der Waals surface area contributed by atoms with Gasteiger partial charge in [0, 0.05) is 27.3 Å². The van der Waals surface area contributed by atoms with E-state index in [0.717, 1.165) is 5.13 Å². The fraction of sp³-hybridized carbons (Fsp3) is 0.400. The third-order valence-corrected chi connectivity index (χ3v) is 3.25. The summed E-state index contributed by atoms with van der Waals surface area (Å²) in [6, 6.07) is 0. The van der Waals surface area contributed by atoms with Crippen LogP contribution in [0.1, 0.15) is 15.4 Å². The molecule has 0 radical (unpaired) electrons. The molecule has 0 spiro atoms. The Morgan fingerprint density at radius 3 is 2.62 bits per heavy atom. The van der Waals surface area contributed by atoms with E-state index in [-0.39, 0.29) is 10.8 Å². The average molecular weight is 260 g/mol. The molecule has 0 atom stereocenters. The lowest BCUT2D eigenvalue weighted by Gasteiger charge is -2.05.